The van der Waals surface area contributed by atoms with Gasteiger partial charge in [0.2, 0.25) is 0 Å². The molecule has 1 heterocycles. The van der Waals surface area contributed by atoms with Gasteiger partial charge in [0.15, 0.2) is 11.0 Å². The molecule has 0 saturated heterocycles. The summed E-state index contributed by atoms with van der Waals surface area (Å²) in [7, 11) is -0.105. The molecule has 3 rings (SSSR count). The van der Waals surface area contributed by atoms with Crippen LogP contribution in [0.3, 0.4) is 0 Å². The largest absolute Gasteiger partial charge is 2.00 e. The van der Waals surface area contributed by atoms with Crippen molar-refractivity contribution in [1.29, 1.82) is 0 Å². The Hall–Kier alpha value is 0.333. The molecule has 0 bridgehead atoms. The fourth-order valence-electron chi connectivity index (χ4n) is 2.65. The van der Waals surface area contributed by atoms with Crippen LogP contribution in [0.25, 0.3) is 0 Å². The molecule has 2 aliphatic carbocycles. The van der Waals surface area contributed by atoms with Gasteiger partial charge in [0.1, 0.15) is 7.55 Å². The minimum absolute atomic E-state index is 0. The van der Waals surface area contributed by atoms with Crippen LogP contribution in [0.2, 0.25) is 0 Å². The summed E-state index contributed by atoms with van der Waals surface area (Å²) in [6.45, 7) is 4.58. The Balaban J connectivity index is 0.00000108. The van der Waals surface area contributed by atoms with Gasteiger partial charge in [-0.05, 0) is 38.0 Å². The first-order chi connectivity index (χ1) is 7.77. The van der Waals surface area contributed by atoms with Gasteiger partial charge in [0.25, 0.3) is 0 Å². The van der Waals surface area contributed by atoms with E-state index in [2.05, 4.69) is 56.4 Å². The Morgan fingerprint density at radius 1 is 1.16 bits per heavy atom. The van der Waals surface area contributed by atoms with Crippen molar-refractivity contribution >= 4 is 12.8 Å². The fraction of sp³-hybridized carbons (Fsp3) is 0.267. The molecule has 0 N–H and O–H groups in total. The first-order valence-corrected chi connectivity index (χ1v) is 7.24. The molecule has 0 aromatic rings. The molecular weight excluding hydrogens is 373 g/mol. The molecule has 0 aromatic carbocycles. The number of hydrogen-bond donors (Lipinski definition) is 0. The Morgan fingerprint density at radius 3 is 2.47 bits per heavy atom. The topological polar surface area (TPSA) is 0 Å². The number of halogens is 2. The Bertz CT molecular complexity index is 532. The van der Waals surface area contributed by atoms with Gasteiger partial charge in [0.05, 0.1) is 5.29 Å². The number of rotatable bonds is 1. The molecule has 2 unspecified atom stereocenters. The first-order valence-electron chi connectivity index (χ1n) is 5.83. The second-order valence-electron chi connectivity index (χ2n) is 4.67. The predicted octanol–water partition coefficient (Wildman–Crippen LogP) is -1.67. The maximum atomic E-state index is 2.48. The molecule has 0 fully saturated rings. The predicted molar refractivity (Wildman–Crippen MR) is 74.2 cm³/mol. The normalized spacial score (nSPS) is 23.6. The third-order valence-corrected chi connectivity index (χ3v) is 6.29. The van der Waals surface area contributed by atoms with Crippen molar-refractivity contribution in [3.63, 3.8) is 0 Å². The summed E-state index contributed by atoms with van der Waals surface area (Å²) in [5.74, 6) is 0. The van der Waals surface area contributed by atoms with Crippen molar-refractivity contribution in [2.75, 3.05) is 0 Å². The number of allylic oxidation sites excluding steroid dienone is 10. The van der Waals surface area contributed by atoms with Gasteiger partial charge in [-0.2, -0.15) is 0 Å². The fourth-order valence-corrected chi connectivity index (χ4v) is 5.50. The summed E-state index contributed by atoms with van der Waals surface area (Å²) in [6.07, 6.45) is 17.2. The summed E-state index contributed by atoms with van der Waals surface area (Å²) in [4.78, 5) is 0. The van der Waals surface area contributed by atoms with E-state index in [-0.39, 0.29) is 58.6 Å². The van der Waals surface area contributed by atoms with Crippen molar-refractivity contribution in [2.45, 2.75) is 25.9 Å². The molecule has 0 radical (unpaired) electrons. The quantitative estimate of drug-likeness (QED) is 0.471. The van der Waals surface area contributed by atoms with E-state index < -0.39 is 0 Å². The molecule has 0 nitrogen and oxygen atoms in total. The van der Waals surface area contributed by atoms with Crippen LogP contribution in [-0.2, 0) is 26.2 Å². The smallest absolute Gasteiger partial charge is 1.00 e. The van der Waals surface area contributed by atoms with Crippen molar-refractivity contribution < 1.29 is 51.0 Å². The second-order valence-corrected chi connectivity index (χ2v) is 7.34. The standard InChI is InChI=1S/C15H16P.2ClH.Zr/c1-11(2)16-14-9-5-8-13(14)10-15(16)12-6-3-4-7-12;;;/h3-6,8-10,15H,7H2,1-2H3;2*1H;/q+1;;;+2/p-2. The second kappa shape index (κ2) is 7.94. The van der Waals surface area contributed by atoms with Crippen LogP contribution in [0.5, 0.6) is 0 Å². The molecule has 1 aliphatic heterocycles. The summed E-state index contributed by atoms with van der Waals surface area (Å²) < 4.78 is 0. The first kappa shape index (κ1) is 19.3. The zero-order valence-corrected chi connectivity index (χ0v) is 15.9. The molecule has 0 spiro atoms. The van der Waals surface area contributed by atoms with E-state index >= 15 is 0 Å². The van der Waals surface area contributed by atoms with Gasteiger partial charge in [-0.15, -0.1) is 0 Å². The van der Waals surface area contributed by atoms with Gasteiger partial charge < -0.3 is 24.8 Å². The zero-order valence-electron chi connectivity index (χ0n) is 11.0. The third-order valence-electron chi connectivity index (χ3n) is 3.36. The van der Waals surface area contributed by atoms with Gasteiger partial charge in [0, 0.05) is 5.57 Å². The van der Waals surface area contributed by atoms with Crippen LogP contribution in [0.15, 0.2) is 59.0 Å². The van der Waals surface area contributed by atoms with Crippen molar-refractivity contribution in [2.24, 2.45) is 0 Å². The van der Waals surface area contributed by atoms with Gasteiger partial charge >= 0.3 is 26.2 Å². The molecule has 0 amide bonds. The maximum absolute atomic E-state index is 2.48. The van der Waals surface area contributed by atoms with E-state index in [1.54, 1.807) is 16.2 Å². The zero-order chi connectivity index (χ0) is 11.1. The van der Waals surface area contributed by atoms with Crippen molar-refractivity contribution in [1.82, 2.24) is 0 Å². The molecule has 0 aromatic heterocycles. The third kappa shape index (κ3) is 3.51. The Labute approximate surface area is 148 Å². The summed E-state index contributed by atoms with van der Waals surface area (Å²) in [6, 6.07) is 0. The van der Waals surface area contributed by atoms with Crippen LogP contribution in [0.1, 0.15) is 20.3 Å². The van der Waals surface area contributed by atoms with Crippen LogP contribution >= 0.6 is 7.55 Å². The molecule has 4 heteroatoms. The minimum Gasteiger partial charge on any atom is -1.00 e. The summed E-state index contributed by atoms with van der Waals surface area (Å²) in [5.41, 5.74) is 3.75. The van der Waals surface area contributed by atoms with Crippen LogP contribution in [0.4, 0.5) is 0 Å². The van der Waals surface area contributed by atoms with E-state index in [4.69, 9.17) is 0 Å². The molecular formula is C15H16Cl2PZr+. The van der Waals surface area contributed by atoms with E-state index in [9.17, 15) is 0 Å². The van der Waals surface area contributed by atoms with Crippen LogP contribution in [0, 0.1) is 0 Å². The molecule has 0 saturated carbocycles. The monoisotopic (exact) mass is 387 g/mol. The number of hydrogen-bond acceptors (Lipinski definition) is 0. The van der Waals surface area contributed by atoms with E-state index in [1.165, 1.54) is 5.57 Å². The minimum atomic E-state index is -0.105. The Kier molecular flexibility index (Phi) is 8.08. The van der Waals surface area contributed by atoms with Gasteiger partial charge in [-0.3, -0.25) is 0 Å². The SMILES string of the molecule is CC(C)=[P+]1C2=CC=CC2=CC1C1=CC=CC1.[Cl-].[Cl-].[Zr+2]. The molecule has 98 valence electrons. The summed E-state index contributed by atoms with van der Waals surface area (Å²) >= 11 is 0. The number of fused-ring (bicyclic) bond motifs is 1. The van der Waals surface area contributed by atoms with Gasteiger partial charge in [-0.25, -0.2) is 0 Å². The van der Waals surface area contributed by atoms with Crippen LogP contribution in [-0.4, -0.2) is 11.0 Å². The van der Waals surface area contributed by atoms with Crippen LogP contribution < -0.4 is 24.8 Å². The average Bonchev–Trinajstić information content (AvgIpc) is 2.92. The van der Waals surface area contributed by atoms with Crippen molar-refractivity contribution in [3.8, 4) is 0 Å². The molecule has 2 atom stereocenters. The average molecular weight is 389 g/mol. The molecule has 19 heavy (non-hydrogen) atoms. The van der Waals surface area contributed by atoms with E-state index in [0.29, 0.717) is 5.66 Å². The van der Waals surface area contributed by atoms with Gasteiger partial charge in [-0.1, -0.05) is 30.4 Å². The summed E-state index contributed by atoms with van der Waals surface area (Å²) in [5, 5.41) is 3.18. The Morgan fingerprint density at radius 2 is 1.89 bits per heavy atom. The van der Waals surface area contributed by atoms with E-state index in [0.717, 1.165) is 6.42 Å². The maximum Gasteiger partial charge on any atom is 2.00 e. The van der Waals surface area contributed by atoms with Crippen molar-refractivity contribution in [3.05, 3.63) is 59.0 Å². The van der Waals surface area contributed by atoms with E-state index in [1.807, 2.05) is 0 Å². The molecule has 3 aliphatic rings.